The Hall–Kier alpha value is -0.790. The van der Waals surface area contributed by atoms with Crippen LogP contribution in [-0.2, 0) is 20.5 Å². The number of halogens is 1. The average molecular weight is 384 g/mol. The van der Waals surface area contributed by atoms with Crippen molar-refractivity contribution < 1.29 is 18.3 Å². The van der Waals surface area contributed by atoms with E-state index in [1.54, 1.807) is 0 Å². The van der Waals surface area contributed by atoms with Crippen LogP contribution in [0.15, 0.2) is 12.1 Å². The summed E-state index contributed by atoms with van der Waals surface area (Å²) in [5.74, 6) is 7.43. The highest BCUT2D eigenvalue weighted by Gasteiger charge is 2.54. The molecule has 0 aliphatic heterocycles. The predicted molar refractivity (Wildman–Crippen MR) is 95.7 cm³/mol. The minimum absolute atomic E-state index is 0.0955. The molecule has 5 nitrogen and oxygen atoms in total. The third-order valence-corrected chi connectivity index (χ3v) is 7.35. The number of carbonyl (C=O) groups is 1. The van der Waals surface area contributed by atoms with E-state index < -0.39 is 0 Å². The molecule has 1 aromatic carbocycles. The van der Waals surface area contributed by atoms with E-state index in [4.69, 9.17) is 21.7 Å². The molecule has 0 bridgehead atoms. The average Bonchev–Trinajstić information content (AvgIpc) is 2.91. The SMILES string of the molecule is C[C@]12CCC3c4cc(Cl)c(OSOON)cc4CCC3C1CCC2=O. The molecule has 2 saturated carbocycles. The maximum atomic E-state index is 12.4. The molecule has 1 aromatic rings. The first-order valence-corrected chi connectivity index (χ1v) is 9.81. The third-order valence-electron chi connectivity index (χ3n) is 6.68. The van der Waals surface area contributed by atoms with Crippen molar-refractivity contribution in [2.24, 2.45) is 23.1 Å². The Morgan fingerprint density at radius 2 is 2.12 bits per heavy atom. The van der Waals surface area contributed by atoms with Crippen LogP contribution >= 0.6 is 23.9 Å². The largest absolute Gasteiger partial charge is 0.397 e. The molecule has 136 valence electrons. The minimum atomic E-state index is -0.0955. The van der Waals surface area contributed by atoms with Gasteiger partial charge in [0.15, 0.2) is 5.75 Å². The second-order valence-corrected chi connectivity index (χ2v) is 8.48. The van der Waals surface area contributed by atoms with Crippen LogP contribution in [0.4, 0.5) is 0 Å². The summed E-state index contributed by atoms with van der Waals surface area (Å²) in [6, 6.07) is 4.03. The Labute approximate surface area is 156 Å². The lowest BCUT2D eigenvalue weighted by Gasteiger charge is -2.48. The van der Waals surface area contributed by atoms with Crippen molar-refractivity contribution in [2.75, 3.05) is 0 Å². The number of hydrogen-bond donors (Lipinski definition) is 1. The molecule has 0 saturated heterocycles. The maximum Gasteiger partial charge on any atom is 0.260 e. The second-order valence-electron chi connectivity index (χ2n) is 7.63. The number of nitrogens with two attached hydrogens (primary N) is 1. The normalized spacial score (nSPS) is 33.6. The number of Topliss-reactive ketones (excluding diaryl/α,β-unsaturated/α-hetero) is 1. The monoisotopic (exact) mass is 383 g/mol. The molecule has 3 aliphatic rings. The van der Waals surface area contributed by atoms with Crippen molar-refractivity contribution in [2.45, 2.75) is 51.4 Å². The number of rotatable bonds is 4. The van der Waals surface area contributed by atoms with E-state index in [0.717, 1.165) is 38.5 Å². The zero-order valence-corrected chi connectivity index (χ0v) is 15.7. The quantitative estimate of drug-likeness (QED) is 0.356. The lowest BCUT2D eigenvalue weighted by Crippen LogP contribution is -2.42. The van der Waals surface area contributed by atoms with Gasteiger partial charge in [-0.1, -0.05) is 18.5 Å². The molecule has 0 amide bonds. The van der Waals surface area contributed by atoms with Crippen LogP contribution in [0, 0.1) is 17.3 Å². The summed E-state index contributed by atoms with van der Waals surface area (Å²) in [6.45, 7) is 2.19. The highest BCUT2D eigenvalue weighted by atomic mass is 35.5. The highest BCUT2D eigenvalue weighted by molar-refractivity contribution is 7.90. The number of benzene rings is 1. The molecule has 0 heterocycles. The molecule has 2 N–H and O–H groups in total. The molecule has 25 heavy (non-hydrogen) atoms. The molecule has 0 aromatic heterocycles. The summed E-state index contributed by atoms with van der Waals surface area (Å²) in [5, 5.41) is 0.559. The molecule has 7 heteroatoms. The van der Waals surface area contributed by atoms with E-state index in [0.29, 0.717) is 46.6 Å². The topological polar surface area (TPSA) is 70.8 Å². The van der Waals surface area contributed by atoms with E-state index in [1.165, 1.54) is 11.1 Å². The predicted octanol–water partition coefficient (Wildman–Crippen LogP) is 4.53. The molecule has 4 atom stereocenters. The van der Waals surface area contributed by atoms with Gasteiger partial charge in [-0.25, -0.2) is 0 Å². The smallest absolute Gasteiger partial charge is 0.260 e. The number of hydrogen-bond acceptors (Lipinski definition) is 6. The van der Waals surface area contributed by atoms with E-state index in [2.05, 4.69) is 16.2 Å². The van der Waals surface area contributed by atoms with Gasteiger partial charge in [0.25, 0.3) is 12.3 Å². The first-order chi connectivity index (χ1) is 12.0. The summed E-state index contributed by atoms with van der Waals surface area (Å²) in [5.41, 5.74) is 2.51. The van der Waals surface area contributed by atoms with Gasteiger partial charge in [-0.05, 0) is 73.1 Å². The van der Waals surface area contributed by atoms with Gasteiger partial charge in [-0.2, -0.15) is 5.90 Å². The molecule has 0 spiro atoms. The van der Waals surface area contributed by atoms with Gasteiger partial charge >= 0.3 is 0 Å². The summed E-state index contributed by atoms with van der Waals surface area (Å²) >= 11 is 7.05. The van der Waals surface area contributed by atoms with Crippen LogP contribution in [0.25, 0.3) is 0 Å². The lowest BCUT2D eigenvalue weighted by atomic mass is 9.55. The minimum Gasteiger partial charge on any atom is -0.397 e. The van der Waals surface area contributed by atoms with Crippen LogP contribution in [0.5, 0.6) is 5.75 Å². The molecule has 3 aliphatic carbocycles. The van der Waals surface area contributed by atoms with Crippen LogP contribution in [0.3, 0.4) is 0 Å². The molecule has 0 radical (unpaired) electrons. The number of aryl methyl sites for hydroxylation is 1. The number of carbonyl (C=O) groups excluding carboxylic acids is 1. The Bertz CT molecular complexity index is 700. The van der Waals surface area contributed by atoms with Crippen LogP contribution < -0.4 is 10.1 Å². The van der Waals surface area contributed by atoms with Crippen LogP contribution in [0.2, 0.25) is 5.02 Å². The number of ketones is 1. The van der Waals surface area contributed by atoms with Gasteiger partial charge in [0.05, 0.1) is 5.02 Å². The Balaban J connectivity index is 1.60. The Kier molecular flexibility index (Phi) is 4.75. The first kappa shape index (κ1) is 17.6. The van der Waals surface area contributed by atoms with Crippen molar-refractivity contribution in [1.82, 2.24) is 0 Å². The zero-order chi connectivity index (χ0) is 17.6. The molecule has 2 fully saturated rings. The Morgan fingerprint density at radius 3 is 2.92 bits per heavy atom. The fourth-order valence-corrected chi connectivity index (χ4v) is 6.00. The summed E-state index contributed by atoms with van der Waals surface area (Å²) in [7, 11) is 0. The van der Waals surface area contributed by atoms with Crippen LogP contribution in [0.1, 0.15) is 56.1 Å². The zero-order valence-electron chi connectivity index (χ0n) is 14.1. The maximum absolute atomic E-state index is 12.4. The van der Waals surface area contributed by atoms with Gasteiger partial charge in [-0.3, -0.25) is 4.79 Å². The summed E-state index contributed by atoms with van der Waals surface area (Å²) in [4.78, 5) is 16.4. The van der Waals surface area contributed by atoms with Crippen molar-refractivity contribution in [3.63, 3.8) is 0 Å². The van der Waals surface area contributed by atoms with E-state index in [1.807, 2.05) is 12.1 Å². The van der Waals surface area contributed by atoms with Crippen LogP contribution in [-0.4, -0.2) is 5.78 Å². The van der Waals surface area contributed by atoms with Gasteiger partial charge in [0, 0.05) is 11.8 Å². The van der Waals surface area contributed by atoms with Crippen molar-refractivity contribution in [3.05, 3.63) is 28.3 Å². The molecule has 4 rings (SSSR count). The van der Waals surface area contributed by atoms with E-state index in [9.17, 15) is 4.79 Å². The highest BCUT2D eigenvalue weighted by Crippen LogP contribution is 2.60. The summed E-state index contributed by atoms with van der Waals surface area (Å²) in [6.07, 6.45) is 5.97. The third kappa shape index (κ3) is 2.88. The fraction of sp³-hybridized carbons (Fsp3) is 0.611. The standard InChI is InChI=1S/C18H22ClNO4S/c1-18-7-6-11-12(14(18)4-5-17(18)21)3-2-10-8-16(22-25-24-23-20)15(19)9-13(10)11/h8-9,11-12,14H,2-7,20H2,1H3/t11?,12?,14?,18-/m0/s1. The van der Waals surface area contributed by atoms with E-state index in [-0.39, 0.29) is 5.41 Å². The van der Waals surface area contributed by atoms with Crippen molar-refractivity contribution in [1.29, 1.82) is 0 Å². The van der Waals surface area contributed by atoms with E-state index >= 15 is 0 Å². The number of fused-ring (bicyclic) bond motifs is 5. The van der Waals surface area contributed by atoms with Crippen molar-refractivity contribution in [3.8, 4) is 5.75 Å². The van der Waals surface area contributed by atoms with Crippen molar-refractivity contribution >= 4 is 29.7 Å². The molecular weight excluding hydrogens is 362 g/mol. The fourth-order valence-electron chi connectivity index (χ4n) is 5.47. The van der Waals surface area contributed by atoms with Gasteiger partial charge in [0.1, 0.15) is 5.78 Å². The van der Waals surface area contributed by atoms with Gasteiger partial charge in [-0.15, -0.1) is 9.32 Å². The lowest BCUT2D eigenvalue weighted by molar-refractivity contribution is -0.199. The molecule has 3 unspecified atom stereocenters. The van der Waals surface area contributed by atoms with Gasteiger partial charge in [0.2, 0.25) is 0 Å². The summed E-state index contributed by atoms with van der Waals surface area (Å²) < 4.78 is 9.86. The Morgan fingerprint density at radius 1 is 1.28 bits per heavy atom. The second kappa shape index (κ2) is 6.74. The first-order valence-electron chi connectivity index (χ1n) is 8.77. The van der Waals surface area contributed by atoms with Gasteiger partial charge < -0.3 is 4.18 Å². The molecular formula is C18H22ClNO4S.